The summed E-state index contributed by atoms with van der Waals surface area (Å²) in [7, 11) is 0. The van der Waals surface area contributed by atoms with Gasteiger partial charge in [-0.15, -0.1) is 0 Å². The minimum atomic E-state index is -0.405. The van der Waals surface area contributed by atoms with Crippen molar-refractivity contribution in [3.63, 3.8) is 0 Å². The SMILES string of the molecule is CCCCCCCCCCCCCCCC(=N)[O-].CCCCCCCCCCCCCCCC(=N)[O-].NCCN. The van der Waals surface area contributed by atoms with Gasteiger partial charge in [-0.2, -0.15) is 0 Å². The second kappa shape index (κ2) is 42.3. The molecule has 0 aromatic carbocycles. The summed E-state index contributed by atoms with van der Waals surface area (Å²) in [5.41, 5.74) is 9.81. The fourth-order valence-electron chi connectivity index (χ4n) is 4.61. The monoisotopic (exact) mass is 569 g/mol. The van der Waals surface area contributed by atoms with E-state index in [9.17, 15) is 10.2 Å². The normalized spacial score (nSPS) is 10.4. The Morgan fingerprint density at radius 1 is 0.375 bits per heavy atom. The Hall–Kier alpha value is -1.14. The highest BCUT2D eigenvalue weighted by molar-refractivity contribution is 5.67. The Morgan fingerprint density at radius 3 is 0.700 bits per heavy atom. The standard InChI is InChI=1S/2C16H33NO.C2H8N2/c2*1-2-3-4-5-6-7-8-9-10-11-12-13-14-15-16(17)18;3-1-2-4/h2*2-15H2,1H3,(H2,17,18);1-4H2/p-2. The van der Waals surface area contributed by atoms with Gasteiger partial charge in [0.1, 0.15) is 0 Å². The van der Waals surface area contributed by atoms with Crippen LogP contribution in [0.2, 0.25) is 0 Å². The number of rotatable bonds is 29. The highest BCUT2D eigenvalue weighted by atomic mass is 16.3. The molecule has 0 radical (unpaired) electrons. The van der Waals surface area contributed by atoms with Gasteiger partial charge in [0.25, 0.3) is 0 Å². The summed E-state index contributed by atoms with van der Waals surface area (Å²) in [6, 6.07) is 0. The second-order valence-electron chi connectivity index (χ2n) is 11.4. The molecule has 0 aliphatic heterocycles. The van der Waals surface area contributed by atoms with Gasteiger partial charge >= 0.3 is 0 Å². The lowest BCUT2D eigenvalue weighted by Gasteiger charge is -2.06. The molecule has 0 fully saturated rings. The van der Waals surface area contributed by atoms with Crippen molar-refractivity contribution in [1.82, 2.24) is 0 Å². The van der Waals surface area contributed by atoms with E-state index < -0.39 is 11.8 Å². The third-order valence-corrected chi connectivity index (χ3v) is 7.18. The van der Waals surface area contributed by atoms with Crippen molar-refractivity contribution in [2.24, 2.45) is 11.5 Å². The molecule has 0 heterocycles. The van der Waals surface area contributed by atoms with Crippen molar-refractivity contribution in [2.75, 3.05) is 13.1 Å². The number of unbranched alkanes of at least 4 members (excludes halogenated alkanes) is 24. The smallest absolute Gasteiger partial charge is 0.00461 e. The van der Waals surface area contributed by atoms with E-state index in [2.05, 4.69) is 13.8 Å². The Kier molecular flexibility index (Phi) is 45.8. The second-order valence-corrected chi connectivity index (χ2v) is 11.4. The van der Waals surface area contributed by atoms with Crippen molar-refractivity contribution in [1.29, 1.82) is 10.8 Å². The molecule has 0 aliphatic rings. The van der Waals surface area contributed by atoms with E-state index in [1.807, 2.05) is 0 Å². The molecule has 0 amide bonds. The van der Waals surface area contributed by atoms with Crippen molar-refractivity contribution >= 4 is 11.8 Å². The molecule has 0 saturated heterocycles. The van der Waals surface area contributed by atoms with E-state index in [0.717, 1.165) is 25.7 Å². The average molecular weight is 569 g/mol. The van der Waals surface area contributed by atoms with Gasteiger partial charge in [0.05, 0.1) is 0 Å². The van der Waals surface area contributed by atoms with Gasteiger partial charge in [0.2, 0.25) is 0 Å². The average Bonchev–Trinajstić information content (AvgIpc) is 2.94. The van der Waals surface area contributed by atoms with Crippen molar-refractivity contribution in [3.8, 4) is 0 Å². The van der Waals surface area contributed by atoms with Crippen LogP contribution in [0, 0.1) is 10.8 Å². The Bertz CT molecular complexity index is 433. The fraction of sp³-hybridized carbons (Fsp3) is 0.941. The topological polar surface area (TPSA) is 146 Å². The van der Waals surface area contributed by atoms with Gasteiger partial charge in [-0.05, 0) is 37.5 Å². The van der Waals surface area contributed by atoms with Gasteiger partial charge in [0.15, 0.2) is 0 Å². The third-order valence-electron chi connectivity index (χ3n) is 7.18. The predicted molar refractivity (Wildman–Crippen MR) is 174 cm³/mol. The van der Waals surface area contributed by atoms with E-state index in [1.54, 1.807) is 0 Å². The van der Waals surface area contributed by atoms with E-state index >= 15 is 0 Å². The number of nitrogens with two attached hydrogens (primary N) is 2. The minimum absolute atomic E-state index is 0.405. The number of hydrogen-bond donors (Lipinski definition) is 4. The summed E-state index contributed by atoms with van der Waals surface area (Å²) in [6.07, 6.45) is 35.2. The molecule has 242 valence electrons. The molecule has 6 nitrogen and oxygen atoms in total. The van der Waals surface area contributed by atoms with Crippen LogP contribution in [0.5, 0.6) is 0 Å². The zero-order valence-electron chi connectivity index (χ0n) is 27.2. The van der Waals surface area contributed by atoms with E-state index in [1.165, 1.54) is 141 Å². The molecule has 0 atom stereocenters. The van der Waals surface area contributed by atoms with Crippen LogP contribution >= 0.6 is 0 Å². The minimum Gasteiger partial charge on any atom is -0.862 e. The van der Waals surface area contributed by atoms with E-state index in [-0.39, 0.29) is 0 Å². The van der Waals surface area contributed by atoms with Crippen LogP contribution in [0.25, 0.3) is 0 Å². The summed E-state index contributed by atoms with van der Waals surface area (Å²) in [4.78, 5) is 0. The molecule has 0 aliphatic carbocycles. The molecular formula is C34H72N4O2-2. The van der Waals surface area contributed by atoms with Crippen molar-refractivity contribution in [2.45, 2.75) is 194 Å². The maximum Gasteiger partial charge on any atom is 0.00461 e. The highest BCUT2D eigenvalue weighted by Crippen LogP contribution is 2.14. The fourth-order valence-corrected chi connectivity index (χ4v) is 4.61. The molecule has 0 rings (SSSR count). The summed E-state index contributed by atoms with van der Waals surface area (Å²) in [6.45, 7) is 5.72. The van der Waals surface area contributed by atoms with Crippen LogP contribution < -0.4 is 21.7 Å². The van der Waals surface area contributed by atoms with Crippen LogP contribution in [-0.4, -0.2) is 24.9 Å². The first-order valence-electron chi connectivity index (χ1n) is 17.3. The van der Waals surface area contributed by atoms with E-state index in [0.29, 0.717) is 25.9 Å². The Balaban J connectivity index is -0.000000603. The molecule has 40 heavy (non-hydrogen) atoms. The first-order valence-corrected chi connectivity index (χ1v) is 17.3. The number of nitrogens with one attached hydrogen (secondary N) is 2. The van der Waals surface area contributed by atoms with E-state index in [4.69, 9.17) is 22.3 Å². The van der Waals surface area contributed by atoms with Gasteiger partial charge in [0, 0.05) is 13.1 Å². The molecule has 6 heteroatoms. The molecular weight excluding hydrogens is 496 g/mol. The molecule has 6 N–H and O–H groups in total. The Labute approximate surface area is 250 Å². The van der Waals surface area contributed by atoms with Gasteiger partial charge < -0.3 is 32.5 Å². The predicted octanol–water partition coefficient (Wildman–Crippen LogP) is 8.51. The lowest BCUT2D eigenvalue weighted by molar-refractivity contribution is -0.221. The van der Waals surface area contributed by atoms with Crippen LogP contribution in [0.1, 0.15) is 194 Å². The Morgan fingerprint density at radius 2 is 0.550 bits per heavy atom. The molecule has 0 aromatic heterocycles. The van der Waals surface area contributed by atoms with Crippen LogP contribution in [0.15, 0.2) is 0 Å². The molecule has 0 unspecified atom stereocenters. The maximum atomic E-state index is 10.4. The quantitative estimate of drug-likeness (QED) is 0.0407. The van der Waals surface area contributed by atoms with Gasteiger partial charge in [-0.25, -0.2) is 0 Å². The molecule has 0 aromatic rings. The zero-order chi connectivity index (χ0) is 30.4. The summed E-state index contributed by atoms with van der Waals surface area (Å²) in [5, 5.41) is 34.4. The van der Waals surface area contributed by atoms with Crippen LogP contribution in [0.4, 0.5) is 0 Å². The lowest BCUT2D eigenvalue weighted by atomic mass is 10.0. The first-order chi connectivity index (χ1) is 19.5. The van der Waals surface area contributed by atoms with Gasteiger partial charge in [-0.3, -0.25) is 0 Å². The largest absolute Gasteiger partial charge is 0.862 e. The molecule has 0 saturated carbocycles. The van der Waals surface area contributed by atoms with Crippen molar-refractivity contribution in [3.05, 3.63) is 0 Å². The molecule has 0 bridgehead atoms. The molecule has 0 spiro atoms. The zero-order valence-corrected chi connectivity index (χ0v) is 27.2. The summed E-state index contributed by atoms with van der Waals surface area (Å²) in [5.74, 6) is -0.809. The van der Waals surface area contributed by atoms with Crippen LogP contribution in [-0.2, 0) is 0 Å². The van der Waals surface area contributed by atoms with Crippen LogP contribution in [0.3, 0.4) is 0 Å². The van der Waals surface area contributed by atoms with Crippen molar-refractivity contribution < 1.29 is 10.2 Å². The first kappa shape index (κ1) is 43.3. The number of hydrogen-bond acceptors (Lipinski definition) is 6. The third kappa shape index (κ3) is 53.2. The lowest BCUT2D eigenvalue weighted by Crippen LogP contribution is -2.14. The summed E-state index contributed by atoms with van der Waals surface area (Å²) >= 11 is 0. The highest BCUT2D eigenvalue weighted by Gasteiger charge is 1.95. The summed E-state index contributed by atoms with van der Waals surface area (Å²) < 4.78 is 0. The van der Waals surface area contributed by atoms with Gasteiger partial charge in [-0.1, -0.05) is 168 Å². The maximum absolute atomic E-state index is 10.4.